The molecule has 0 bridgehead atoms. The highest BCUT2D eigenvalue weighted by Gasteiger charge is 2.13. The molecule has 6 nitrogen and oxygen atoms in total. The molecule has 0 saturated carbocycles. The number of anilines is 1. The van der Waals surface area contributed by atoms with Crippen LogP contribution in [0.1, 0.15) is 23.3 Å². The van der Waals surface area contributed by atoms with Gasteiger partial charge in [0.15, 0.2) is 5.82 Å². The lowest BCUT2D eigenvalue weighted by atomic mass is 10.1. The average molecular weight is 323 g/mol. The van der Waals surface area contributed by atoms with Gasteiger partial charge in [0.1, 0.15) is 11.6 Å². The molecule has 6 heteroatoms. The van der Waals surface area contributed by atoms with E-state index < -0.39 is 0 Å². The van der Waals surface area contributed by atoms with Crippen molar-refractivity contribution in [3.8, 4) is 5.75 Å². The number of hydrogen-bond donors (Lipinski definition) is 3. The number of nitrogens with one attached hydrogen (secondary N) is 2. The summed E-state index contributed by atoms with van der Waals surface area (Å²) in [5.41, 5.74) is 8.33. The Bertz CT molecular complexity index is 772. The van der Waals surface area contributed by atoms with Gasteiger partial charge >= 0.3 is 0 Å². The number of hydrogen-bond acceptors (Lipinski definition) is 5. The molecule has 1 heterocycles. The molecule has 1 aromatic heterocycles. The smallest absolute Gasteiger partial charge is 0.167 e. The summed E-state index contributed by atoms with van der Waals surface area (Å²) in [5, 5.41) is 10.5. The largest absolute Gasteiger partial charge is 0.497 e. The second kappa shape index (κ2) is 7.61. The van der Waals surface area contributed by atoms with Gasteiger partial charge in [-0.05, 0) is 24.1 Å². The van der Waals surface area contributed by atoms with Gasteiger partial charge in [-0.1, -0.05) is 36.4 Å². The average Bonchev–Trinajstić information content (AvgIpc) is 3.10. The summed E-state index contributed by atoms with van der Waals surface area (Å²) in [6.07, 6.45) is 0.710. The Hall–Kier alpha value is -2.86. The minimum Gasteiger partial charge on any atom is -0.497 e. The van der Waals surface area contributed by atoms with Crippen molar-refractivity contribution in [2.24, 2.45) is 5.73 Å². The van der Waals surface area contributed by atoms with Crippen LogP contribution in [0.5, 0.6) is 5.75 Å². The number of rotatable bonds is 7. The Kier molecular flexibility index (Phi) is 5.08. The minimum atomic E-state index is -0.228. The molecule has 2 aromatic carbocycles. The van der Waals surface area contributed by atoms with E-state index >= 15 is 0 Å². The molecule has 0 radical (unpaired) electrons. The van der Waals surface area contributed by atoms with E-state index in [9.17, 15) is 0 Å². The number of H-pyrrole nitrogens is 1. The van der Waals surface area contributed by atoms with Crippen molar-refractivity contribution in [2.45, 2.75) is 19.0 Å². The van der Waals surface area contributed by atoms with Crippen LogP contribution in [0.25, 0.3) is 0 Å². The number of nitrogens with zero attached hydrogens (tertiary/aromatic N) is 2. The van der Waals surface area contributed by atoms with Crippen LogP contribution in [0.15, 0.2) is 54.6 Å². The summed E-state index contributed by atoms with van der Waals surface area (Å²) in [7, 11) is 1.65. The second-order valence-corrected chi connectivity index (χ2v) is 5.52. The molecule has 0 aliphatic carbocycles. The number of ether oxygens (including phenoxy) is 1. The lowest BCUT2D eigenvalue weighted by Gasteiger charge is -2.07. The molecule has 124 valence electrons. The number of aromatic amines is 1. The Morgan fingerprint density at radius 1 is 1.17 bits per heavy atom. The summed E-state index contributed by atoms with van der Waals surface area (Å²) >= 11 is 0. The molecule has 0 aliphatic heterocycles. The fraction of sp³-hybridized carbons (Fsp3) is 0.222. The summed E-state index contributed by atoms with van der Waals surface area (Å²) in [6.45, 7) is 0.540. The zero-order valence-electron chi connectivity index (χ0n) is 13.6. The molecule has 1 atom stereocenters. The van der Waals surface area contributed by atoms with Gasteiger partial charge in [-0.2, -0.15) is 5.10 Å². The lowest BCUT2D eigenvalue weighted by Crippen LogP contribution is -2.15. The molecule has 0 spiro atoms. The van der Waals surface area contributed by atoms with E-state index in [-0.39, 0.29) is 6.04 Å². The monoisotopic (exact) mass is 323 g/mol. The molecule has 3 rings (SSSR count). The van der Waals surface area contributed by atoms with Crippen LogP contribution in [0.4, 0.5) is 5.69 Å². The lowest BCUT2D eigenvalue weighted by molar-refractivity contribution is 0.415. The van der Waals surface area contributed by atoms with Gasteiger partial charge in [0, 0.05) is 11.8 Å². The quantitative estimate of drug-likeness (QED) is 0.622. The van der Waals surface area contributed by atoms with Crippen LogP contribution in [0.2, 0.25) is 0 Å². The predicted molar refractivity (Wildman–Crippen MR) is 93.8 cm³/mol. The zero-order valence-corrected chi connectivity index (χ0v) is 13.6. The van der Waals surface area contributed by atoms with Crippen LogP contribution < -0.4 is 15.8 Å². The molecule has 24 heavy (non-hydrogen) atoms. The first kappa shape index (κ1) is 16.0. The predicted octanol–water partition coefficient (Wildman–Crippen LogP) is 2.67. The van der Waals surface area contributed by atoms with E-state index in [0.717, 1.165) is 17.3 Å². The molecular formula is C18H21N5O. The van der Waals surface area contributed by atoms with E-state index in [1.807, 2.05) is 42.5 Å². The highest BCUT2D eigenvalue weighted by atomic mass is 16.5. The third-order valence-electron chi connectivity index (χ3n) is 3.71. The fourth-order valence-corrected chi connectivity index (χ4v) is 2.43. The van der Waals surface area contributed by atoms with Crippen LogP contribution in [0, 0.1) is 0 Å². The molecule has 0 unspecified atom stereocenters. The van der Waals surface area contributed by atoms with Gasteiger partial charge in [-0.25, -0.2) is 4.98 Å². The van der Waals surface area contributed by atoms with Crippen molar-refractivity contribution in [2.75, 3.05) is 12.4 Å². The van der Waals surface area contributed by atoms with E-state index in [2.05, 4.69) is 32.6 Å². The Labute approximate surface area is 141 Å². The van der Waals surface area contributed by atoms with Crippen molar-refractivity contribution in [3.05, 3.63) is 71.8 Å². The third-order valence-corrected chi connectivity index (χ3v) is 3.71. The van der Waals surface area contributed by atoms with E-state index in [0.29, 0.717) is 18.8 Å². The normalized spacial score (nSPS) is 11.9. The van der Waals surface area contributed by atoms with Crippen LogP contribution in [-0.4, -0.2) is 22.3 Å². The summed E-state index contributed by atoms with van der Waals surface area (Å²) in [5.74, 6) is 2.18. The number of nitrogens with two attached hydrogens (primary N) is 1. The molecule has 0 saturated heterocycles. The standard InChI is InChI=1S/C18H21N5O/c1-24-15-9-5-8-14(11-15)20-12-17-21-18(23-22-17)16(19)10-13-6-3-2-4-7-13/h2-9,11,16,20H,10,12,19H2,1H3,(H,21,22,23)/t16-/m0/s1. The summed E-state index contributed by atoms with van der Waals surface area (Å²) < 4.78 is 5.21. The van der Waals surface area contributed by atoms with Crippen LogP contribution in [-0.2, 0) is 13.0 Å². The maximum atomic E-state index is 6.20. The first-order chi connectivity index (χ1) is 11.7. The van der Waals surface area contributed by atoms with Gasteiger partial charge in [0.05, 0.1) is 19.7 Å². The fourth-order valence-electron chi connectivity index (χ4n) is 2.43. The van der Waals surface area contributed by atoms with Gasteiger partial charge < -0.3 is 15.8 Å². The van der Waals surface area contributed by atoms with Crippen molar-refractivity contribution in [3.63, 3.8) is 0 Å². The number of benzene rings is 2. The Balaban J connectivity index is 1.58. The maximum absolute atomic E-state index is 6.20. The van der Waals surface area contributed by atoms with E-state index in [1.165, 1.54) is 5.56 Å². The molecule has 0 aliphatic rings. The van der Waals surface area contributed by atoms with Gasteiger partial charge in [-0.3, -0.25) is 5.10 Å². The SMILES string of the molecule is COc1cccc(NCc2nc([C@@H](N)Cc3ccccc3)n[nH]2)c1. The third kappa shape index (κ3) is 4.11. The van der Waals surface area contributed by atoms with Gasteiger partial charge in [0.25, 0.3) is 0 Å². The van der Waals surface area contributed by atoms with E-state index in [4.69, 9.17) is 10.5 Å². The van der Waals surface area contributed by atoms with Crippen molar-refractivity contribution in [1.29, 1.82) is 0 Å². The molecular weight excluding hydrogens is 302 g/mol. The van der Waals surface area contributed by atoms with E-state index in [1.54, 1.807) is 7.11 Å². The second-order valence-electron chi connectivity index (χ2n) is 5.52. The molecule has 0 fully saturated rings. The highest BCUT2D eigenvalue weighted by molar-refractivity contribution is 5.48. The number of methoxy groups -OCH3 is 1. The zero-order chi connectivity index (χ0) is 16.8. The van der Waals surface area contributed by atoms with Crippen LogP contribution >= 0.6 is 0 Å². The first-order valence-electron chi connectivity index (χ1n) is 7.83. The van der Waals surface area contributed by atoms with Crippen LogP contribution in [0.3, 0.4) is 0 Å². The van der Waals surface area contributed by atoms with Crippen molar-refractivity contribution >= 4 is 5.69 Å². The Morgan fingerprint density at radius 2 is 2.00 bits per heavy atom. The van der Waals surface area contributed by atoms with Gasteiger partial charge in [-0.15, -0.1) is 0 Å². The molecule has 0 amide bonds. The highest BCUT2D eigenvalue weighted by Crippen LogP contribution is 2.17. The van der Waals surface area contributed by atoms with Crippen molar-refractivity contribution < 1.29 is 4.74 Å². The summed E-state index contributed by atoms with van der Waals surface area (Å²) in [4.78, 5) is 4.48. The topological polar surface area (TPSA) is 88.8 Å². The minimum absolute atomic E-state index is 0.228. The Morgan fingerprint density at radius 3 is 2.79 bits per heavy atom. The maximum Gasteiger partial charge on any atom is 0.167 e. The summed E-state index contributed by atoms with van der Waals surface area (Å²) in [6, 6.07) is 17.6. The number of aromatic nitrogens is 3. The molecule has 3 aromatic rings. The van der Waals surface area contributed by atoms with Gasteiger partial charge in [0.2, 0.25) is 0 Å². The first-order valence-corrected chi connectivity index (χ1v) is 7.83. The van der Waals surface area contributed by atoms with Crippen molar-refractivity contribution in [1.82, 2.24) is 15.2 Å². The molecule has 4 N–H and O–H groups in total.